The van der Waals surface area contributed by atoms with Crippen LogP contribution in [0, 0.1) is 0 Å². The van der Waals surface area contributed by atoms with E-state index in [2.05, 4.69) is 0 Å². The van der Waals surface area contributed by atoms with Crippen LogP contribution in [0.5, 0.6) is 11.5 Å². The van der Waals surface area contributed by atoms with Crippen LogP contribution in [0.4, 0.5) is 5.69 Å². The zero-order chi connectivity index (χ0) is 13.5. The zero-order valence-corrected chi connectivity index (χ0v) is 11.7. The monoisotopic (exact) mass is 271 g/mol. The van der Waals surface area contributed by atoms with Crippen molar-refractivity contribution in [3.8, 4) is 11.5 Å². The molecule has 1 rings (SSSR count). The fourth-order valence-electron chi connectivity index (χ4n) is 1.69. The molecule has 0 aliphatic heterocycles. The predicted octanol–water partition coefficient (Wildman–Crippen LogP) is 2.69. The Morgan fingerprint density at radius 3 is 2.44 bits per heavy atom. The van der Waals surface area contributed by atoms with Crippen molar-refractivity contribution in [3.63, 3.8) is 0 Å². The molecule has 0 spiro atoms. The third kappa shape index (κ3) is 3.29. The number of carbonyl (C=O) groups excluding carboxylic acids is 1. The van der Waals surface area contributed by atoms with Gasteiger partial charge in [-0.3, -0.25) is 4.79 Å². The van der Waals surface area contributed by atoms with E-state index in [1.165, 1.54) is 0 Å². The van der Waals surface area contributed by atoms with Crippen LogP contribution in [-0.4, -0.2) is 32.6 Å². The lowest BCUT2D eigenvalue weighted by Crippen LogP contribution is -2.32. The molecule has 1 aromatic rings. The van der Waals surface area contributed by atoms with Crippen molar-refractivity contribution in [1.82, 2.24) is 0 Å². The van der Waals surface area contributed by atoms with E-state index >= 15 is 0 Å². The Morgan fingerprint density at radius 1 is 1.28 bits per heavy atom. The standard InChI is InChI=1S/C13H18ClNO3/c1-4-7-15(13(16)9-14)10-5-6-11(17-2)12(8-10)18-3/h5-6,8H,4,7,9H2,1-3H3. The van der Waals surface area contributed by atoms with E-state index in [4.69, 9.17) is 21.1 Å². The minimum Gasteiger partial charge on any atom is -0.493 e. The number of amides is 1. The molecule has 0 saturated carbocycles. The van der Waals surface area contributed by atoms with E-state index in [0.29, 0.717) is 18.0 Å². The number of hydrogen-bond acceptors (Lipinski definition) is 3. The highest BCUT2D eigenvalue weighted by Crippen LogP contribution is 2.31. The van der Waals surface area contributed by atoms with Crippen molar-refractivity contribution >= 4 is 23.2 Å². The number of alkyl halides is 1. The second-order valence-corrected chi connectivity index (χ2v) is 3.99. The maximum Gasteiger partial charge on any atom is 0.241 e. The molecule has 0 atom stereocenters. The van der Waals surface area contributed by atoms with Crippen LogP contribution in [0.1, 0.15) is 13.3 Å². The van der Waals surface area contributed by atoms with Gasteiger partial charge in [-0.1, -0.05) is 6.92 Å². The third-order valence-electron chi connectivity index (χ3n) is 2.54. The number of nitrogens with zero attached hydrogens (tertiary/aromatic N) is 1. The summed E-state index contributed by atoms with van der Waals surface area (Å²) < 4.78 is 10.4. The summed E-state index contributed by atoms with van der Waals surface area (Å²) in [5, 5.41) is 0. The Hall–Kier alpha value is -1.42. The van der Waals surface area contributed by atoms with Crippen LogP contribution in [0.25, 0.3) is 0 Å². The van der Waals surface area contributed by atoms with E-state index in [1.54, 1.807) is 31.3 Å². The molecule has 0 saturated heterocycles. The first-order valence-electron chi connectivity index (χ1n) is 5.76. The molecule has 0 radical (unpaired) electrons. The van der Waals surface area contributed by atoms with E-state index in [0.717, 1.165) is 12.1 Å². The van der Waals surface area contributed by atoms with Gasteiger partial charge in [0, 0.05) is 18.3 Å². The molecule has 18 heavy (non-hydrogen) atoms. The first-order valence-corrected chi connectivity index (χ1v) is 6.29. The lowest BCUT2D eigenvalue weighted by atomic mass is 10.2. The summed E-state index contributed by atoms with van der Waals surface area (Å²) >= 11 is 5.62. The molecule has 1 aromatic carbocycles. The van der Waals surface area contributed by atoms with Crippen LogP contribution in [0.15, 0.2) is 18.2 Å². The summed E-state index contributed by atoms with van der Waals surface area (Å²) in [4.78, 5) is 13.4. The average Bonchev–Trinajstić information content (AvgIpc) is 2.43. The number of ether oxygens (including phenoxy) is 2. The number of methoxy groups -OCH3 is 2. The van der Waals surface area contributed by atoms with Gasteiger partial charge in [0.2, 0.25) is 5.91 Å². The molecule has 5 heteroatoms. The average molecular weight is 272 g/mol. The Bertz CT molecular complexity index is 409. The van der Waals surface area contributed by atoms with E-state index in [-0.39, 0.29) is 11.8 Å². The Morgan fingerprint density at radius 2 is 1.94 bits per heavy atom. The van der Waals surface area contributed by atoms with Crippen LogP contribution in [0.2, 0.25) is 0 Å². The first kappa shape index (κ1) is 14.6. The van der Waals surface area contributed by atoms with Crippen LogP contribution >= 0.6 is 11.6 Å². The number of benzene rings is 1. The molecule has 0 aromatic heterocycles. The van der Waals surface area contributed by atoms with E-state index < -0.39 is 0 Å². The summed E-state index contributed by atoms with van der Waals surface area (Å²) in [6.45, 7) is 2.64. The summed E-state index contributed by atoms with van der Waals surface area (Å²) in [5.74, 6) is 1.08. The van der Waals surface area contributed by atoms with Crippen LogP contribution in [0.3, 0.4) is 0 Å². The molecule has 0 aliphatic carbocycles. The SMILES string of the molecule is CCCN(C(=O)CCl)c1ccc(OC)c(OC)c1. The number of hydrogen-bond donors (Lipinski definition) is 0. The Balaban J connectivity index is 3.08. The second kappa shape index (κ2) is 7.11. The van der Waals surface area contributed by atoms with Gasteiger partial charge in [-0.2, -0.15) is 0 Å². The highest BCUT2D eigenvalue weighted by Gasteiger charge is 2.15. The van der Waals surface area contributed by atoms with Gasteiger partial charge in [-0.05, 0) is 18.6 Å². The lowest BCUT2D eigenvalue weighted by Gasteiger charge is -2.22. The Labute approximate surface area is 112 Å². The quantitative estimate of drug-likeness (QED) is 0.747. The number of rotatable bonds is 6. The third-order valence-corrected chi connectivity index (χ3v) is 2.77. The number of carbonyl (C=O) groups is 1. The zero-order valence-electron chi connectivity index (χ0n) is 10.9. The van der Waals surface area contributed by atoms with Crippen molar-refractivity contribution in [2.75, 3.05) is 31.5 Å². The van der Waals surface area contributed by atoms with Crippen molar-refractivity contribution in [3.05, 3.63) is 18.2 Å². The molecule has 0 aliphatic rings. The smallest absolute Gasteiger partial charge is 0.241 e. The van der Waals surface area contributed by atoms with Gasteiger partial charge in [0.15, 0.2) is 11.5 Å². The van der Waals surface area contributed by atoms with Gasteiger partial charge in [0.1, 0.15) is 5.88 Å². The molecule has 0 heterocycles. The molecule has 1 amide bonds. The maximum atomic E-state index is 11.8. The fourth-order valence-corrected chi connectivity index (χ4v) is 1.83. The molecule has 0 bridgehead atoms. The molecule has 0 N–H and O–H groups in total. The van der Waals surface area contributed by atoms with Gasteiger partial charge in [0.05, 0.1) is 14.2 Å². The predicted molar refractivity (Wildman–Crippen MR) is 72.9 cm³/mol. The Kier molecular flexibility index (Phi) is 5.78. The fraction of sp³-hybridized carbons (Fsp3) is 0.462. The van der Waals surface area contributed by atoms with Gasteiger partial charge in [0.25, 0.3) is 0 Å². The summed E-state index contributed by atoms with van der Waals surface area (Å²) in [6.07, 6.45) is 0.858. The molecular formula is C13H18ClNO3. The largest absolute Gasteiger partial charge is 0.493 e. The highest BCUT2D eigenvalue weighted by molar-refractivity contribution is 6.29. The molecule has 0 fully saturated rings. The van der Waals surface area contributed by atoms with Crippen molar-refractivity contribution in [2.45, 2.75) is 13.3 Å². The minimum atomic E-state index is -0.120. The van der Waals surface area contributed by atoms with E-state index in [1.807, 2.05) is 13.0 Å². The topological polar surface area (TPSA) is 38.8 Å². The van der Waals surface area contributed by atoms with Crippen LogP contribution in [-0.2, 0) is 4.79 Å². The summed E-state index contributed by atoms with van der Waals surface area (Å²) in [5.41, 5.74) is 0.764. The van der Waals surface area contributed by atoms with Crippen molar-refractivity contribution in [1.29, 1.82) is 0 Å². The number of anilines is 1. The minimum absolute atomic E-state index is 0.0334. The number of halogens is 1. The van der Waals surface area contributed by atoms with Gasteiger partial charge in [-0.15, -0.1) is 11.6 Å². The van der Waals surface area contributed by atoms with Gasteiger partial charge >= 0.3 is 0 Å². The van der Waals surface area contributed by atoms with Crippen molar-refractivity contribution in [2.24, 2.45) is 0 Å². The normalized spacial score (nSPS) is 10.0. The molecule has 4 nitrogen and oxygen atoms in total. The van der Waals surface area contributed by atoms with Gasteiger partial charge in [-0.25, -0.2) is 0 Å². The maximum absolute atomic E-state index is 11.8. The summed E-state index contributed by atoms with van der Waals surface area (Å²) in [7, 11) is 3.14. The molecule has 0 unspecified atom stereocenters. The first-order chi connectivity index (χ1) is 8.67. The van der Waals surface area contributed by atoms with Crippen LogP contribution < -0.4 is 14.4 Å². The van der Waals surface area contributed by atoms with Crippen molar-refractivity contribution < 1.29 is 14.3 Å². The lowest BCUT2D eigenvalue weighted by molar-refractivity contribution is -0.116. The van der Waals surface area contributed by atoms with Gasteiger partial charge < -0.3 is 14.4 Å². The molecule has 100 valence electrons. The molecular weight excluding hydrogens is 254 g/mol. The second-order valence-electron chi connectivity index (χ2n) is 3.72. The summed E-state index contributed by atoms with van der Waals surface area (Å²) in [6, 6.07) is 5.37. The van der Waals surface area contributed by atoms with E-state index in [9.17, 15) is 4.79 Å². The highest BCUT2D eigenvalue weighted by atomic mass is 35.5.